The summed E-state index contributed by atoms with van der Waals surface area (Å²) in [4.78, 5) is 27.1. The number of hydrogen-bond acceptors (Lipinski definition) is 3. The number of ether oxygens (including phenoxy) is 1. The van der Waals surface area contributed by atoms with Gasteiger partial charge < -0.3 is 15.0 Å². The first-order valence-corrected chi connectivity index (χ1v) is 10.0. The summed E-state index contributed by atoms with van der Waals surface area (Å²) in [6.07, 6.45) is 1.74. The van der Waals surface area contributed by atoms with Crippen molar-refractivity contribution in [1.82, 2.24) is 4.90 Å². The number of rotatable bonds is 7. The maximum Gasteiger partial charge on any atom is 0.387 e. The molecule has 0 aromatic heterocycles. The van der Waals surface area contributed by atoms with Gasteiger partial charge in [0.15, 0.2) is 0 Å². The molecule has 0 unspecified atom stereocenters. The monoisotopic (exact) mass is 424 g/mol. The van der Waals surface area contributed by atoms with Gasteiger partial charge in [0.05, 0.1) is 11.3 Å². The second-order valence-electron chi connectivity index (χ2n) is 7.69. The number of nitrogens with one attached hydrogen (secondary N) is 1. The van der Waals surface area contributed by atoms with Gasteiger partial charge in [-0.15, -0.1) is 0 Å². The third-order valence-corrected chi connectivity index (χ3v) is 5.24. The molecule has 3 aromatic carbocycles. The van der Waals surface area contributed by atoms with Gasteiger partial charge >= 0.3 is 6.61 Å². The second-order valence-corrected chi connectivity index (χ2v) is 7.69. The number of nitrogens with zero attached hydrogens (tertiary/aromatic N) is 1. The van der Waals surface area contributed by atoms with Gasteiger partial charge in [-0.25, -0.2) is 0 Å². The number of halogens is 2. The Hall–Kier alpha value is -3.48. The lowest BCUT2D eigenvalue weighted by Crippen LogP contribution is -2.27. The molecular formula is C24H22F2N2O3. The minimum atomic E-state index is -2.88. The zero-order valence-corrected chi connectivity index (χ0v) is 17.0. The Morgan fingerprint density at radius 1 is 1.06 bits per heavy atom. The van der Waals surface area contributed by atoms with Gasteiger partial charge in [0.1, 0.15) is 5.75 Å². The molecule has 1 N–H and O–H groups in total. The van der Waals surface area contributed by atoms with E-state index in [0.29, 0.717) is 11.3 Å². The molecule has 7 heteroatoms. The van der Waals surface area contributed by atoms with E-state index in [1.807, 2.05) is 30.3 Å². The van der Waals surface area contributed by atoms with Crippen molar-refractivity contribution < 1.29 is 23.1 Å². The predicted molar refractivity (Wildman–Crippen MR) is 114 cm³/mol. The third-order valence-electron chi connectivity index (χ3n) is 5.24. The summed E-state index contributed by atoms with van der Waals surface area (Å²) in [6, 6.07) is 17.4. The lowest BCUT2D eigenvalue weighted by molar-refractivity contribution is -0.117. The number of alkyl halides is 2. The molecule has 31 heavy (non-hydrogen) atoms. The van der Waals surface area contributed by atoms with Crippen molar-refractivity contribution in [3.8, 4) is 5.75 Å². The molecule has 0 heterocycles. The van der Waals surface area contributed by atoms with Crippen LogP contribution in [0.25, 0.3) is 10.8 Å². The summed E-state index contributed by atoms with van der Waals surface area (Å²) in [6.45, 7) is -2.61. The van der Waals surface area contributed by atoms with Crippen LogP contribution >= 0.6 is 0 Å². The second kappa shape index (κ2) is 8.71. The highest BCUT2D eigenvalue weighted by atomic mass is 19.3. The fourth-order valence-electron chi connectivity index (χ4n) is 3.43. The summed E-state index contributed by atoms with van der Waals surface area (Å²) in [5.74, 6) is -0.236. The van der Waals surface area contributed by atoms with E-state index in [2.05, 4.69) is 10.1 Å². The highest BCUT2D eigenvalue weighted by Gasteiger charge is 2.30. The van der Waals surface area contributed by atoms with Crippen molar-refractivity contribution in [2.24, 2.45) is 5.92 Å². The molecule has 1 fully saturated rings. The van der Waals surface area contributed by atoms with Gasteiger partial charge in [0, 0.05) is 19.5 Å². The number of carbonyl (C=O) groups is 2. The molecule has 1 aliphatic rings. The number of hydrogen-bond donors (Lipinski definition) is 1. The molecule has 1 aliphatic carbocycles. The Labute approximate surface area is 178 Å². The Balaban J connectivity index is 1.57. The minimum Gasteiger partial charge on any atom is -0.435 e. The van der Waals surface area contributed by atoms with Gasteiger partial charge in [0.25, 0.3) is 5.91 Å². The van der Waals surface area contributed by atoms with Crippen molar-refractivity contribution in [3.63, 3.8) is 0 Å². The van der Waals surface area contributed by atoms with E-state index in [9.17, 15) is 18.4 Å². The predicted octanol–water partition coefficient (Wildman–Crippen LogP) is 5.06. The van der Waals surface area contributed by atoms with E-state index in [4.69, 9.17) is 0 Å². The zero-order chi connectivity index (χ0) is 22.0. The van der Waals surface area contributed by atoms with E-state index in [1.54, 1.807) is 25.2 Å². The maximum atomic E-state index is 13.2. The molecule has 0 spiro atoms. The Morgan fingerprint density at radius 3 is 2.32 bits per heavy atom. The number of fused-ring (bicyclic) bond motifs is 1. The molecule has 0 radical (unpaired) electrons. The van der Waals surface area contributed by atoms with Crippen LogP contribution in [0.3, 0.4) is 0 Å². The van der Waals surface area contributed by atoms with Crippen LogP contribution in [0.4, 0.5) is 14.5 Å². The highest BCUT2D eigenvalue weighted by Crippen LogP contribution is 2.32. The van der Waals surface area contributed by atoms with Gasteiger partial charge in [-0.3, -0.25) is 9.59 Å². The van der Waals surface area contributed by atoms with Crippen molar-refractivity contribution in [2.75, 3.05) is 12.4 Å². The van der Waals surface area contributed by atoms with Crippen LogP contribution < -0.4 is 10.1 Å². The van der Waals surface area contributed by atoms with Crippen LogP contribution in [0.2, 0.25) is 0 Å². The van der Waals surface area contributed by atoms with E-state index in [1.165, 1.54) is 17.0 Å². The molecule has 2 amide bonds. The summed E-state index contributed by atoms with van der Waals surface area (Å²) in [5, 5.41) is 4.75. The number of carbonyl (C=O) groups excluding carboxylic acids is 2. The molecular weight excluding hydrogens is 402 g/mol. The summed E-state index contributed by atoms with van der Waals surface area (Å²) < 4.78 is 29.0. The third kappa shape index (κ3) is 4.99. The van der Waals surface area contributed by atoms with Crippen LogP contribution in [0.1, 0.15) is 28.8 Å². The Morgan fingerprint density at radius 2 is 1.71 bits per heavy atom. The number of anilines is 1. The van der Waals surface area contributed by atoms with Crippen LogP contribution in [0.5, 0.6) is 5.75 Å². The Kier molecular flexibility index (Phi) is 5.84. The molecule has 0 aliphatic heterocycles. The maximum absolute atomic E-state index is 13.2. The van der Waals surface area contributed by atoms with Gasteiger partial charge in [-0.2, -0.15) is 8.78 Å². The SMILES string of the molecule is CN(Cc1ccc(OC(F)F)cc1)C(=O)c1cc2ccccc2cc1NC(=O)C1CC1. The lowest BCUT2D eigenvalue weighted by atomic mass is 10.0. The highest BCUT2D eigenvalue weighted by molar-refractivity contribution is 6.08. The van der Waals surface area contributed by atoms with E-state index in [0.717, 1.165) is 29.2 Å². The van der Waals surface area contributed by atoms with Crippen molar-refractivity contribution in [1.29, 1.82) is 0 Å². The molecule has 1 saturated carbocycles. The number of amides is 2. The Bertz CT molecular complexity index is 1110. The number of benzene rings is 3. The molecule has 3 aromatic rings. The molecule has 160 valence electrons. The van der Waals surface area contributed by atoms with Crippen molar-refractivity contribution >= 4 is 28.3 Å². The van der Waals surface area contributed by atoms with E-state index in [-0.39, 0.29) is 30.0 Å². The fraction of sp³-hybridized carbons (Fsp3) is 0.250. The summed E-state index contributed by atoms with van der Waals surface area (Å²) >= 11 is 0. The largest absolute Gasteiger partial charge is 0.435 e. The molecule has 0 atom stereocenters. The topological polar surface area (TPSA) is 58.6 Å². The smallest absolute Gasteiger partial charge is 0.387 e. The van der Waals surface area contributed by atoms with Gasteiger partial charge in [-0.05, 0) is 53.4 Å². The van der Waals surface area contributed by atoms with Crippen LogP contribution in [0.15, 0.2) is 60.7 Å². The molecule has 4 rings (SSSR count). The molecule has 5 nitrogen and oxygen atoms in total. The van der Waals surface area contributed by atoms with Crippen LogP contribution in [-0.4, -0.2) is 30.4 Å². The van der Waals surface area contributed by atoms with Gasteiger partial charge in [-0.1, -0.05) is 36.4 Å². The minimum absolute atomic E-state index is 0.0149. The summed E-state index contributed by atoms with van der Waals surface area (Å²) in [7, 11) is 1.66. The normalized spacial score (nSPS) is 13.3. The van der Waals surface area contributed by atoms with Crippen LogP contribution in [0, 0.1) is 5.92 Å². The lowest BCUT2D eigenvalue weighted by Gasteiger charge is -2.20. The molecule has 0 bridgehead atoms. The first-order chi connectivity index (χ1) is 14.9. The van der Waals surface area contributed by atoms with Crippen molar-refractivity contribution in [3.05, 3.63) is 71.8 Å². The summed E-state index contributed by atoms with van der Waals surface area (Å²) in [5.41, 5.74) is 1.67. The van der Waals surface area contributed by atoms with Crippen molar-refractivity contribution in [2.45, 2.75) is 26.0 Å². The van der Waals surface area contributed by atoms with E-state index < -0.39 is 6.61 Å². The first kappa shape index (κ1) is 20.8. The van der Waals surface area contributed by atoms with Crippen LogP contribution in [-0.2, 0) is 11.3 Å². The first-order valence-electron chi connectivity index (χ1n) is 10.0. The fourth-order valence-corrected chi connectivity index (χ4v) is 3.43. The quantitative estimate of drug-likeness (QED) is 0.577. The van der Waals surface area contributed by atoms with E-state index >= 15 is 0 Å². The van der Waals surface area contributed by atoms with Gasteiger partial charge in [0.2, 0.25) is 5.91 Å². The molecule has 0 saturated heterocycles. The standard InChI is InChI=1S/C24H22F2N2O3/c1-28(14-15-6-10-19(11-7-15)31-24(25)26)23(30)20-12-17-4-2-3-5-18(17)13-21(20)27-22(29)16-8-9-16/h2-7,10-13,16,24H,8-9,14H2,1H3,(H,27,29). The zero-order valence-electron chi connectivity index (χ0n) is 17.0. The average Bonchev–Trinajstić information content (AvgIpc) is 3.59. The average molecular weight is 424 g/mol.